The average molecular weight is 476 g/mol. The molecule has 33 heavy (non-hydrogen) atoms. The van der Waals surface area contributed by atoms with Gasteiger partial charge in [0.05, 0.1) is 28.6 Å². The number of halogens is 2. The number of hydrogen-bond donors (Lipinski definition) is 2. The van der Waals surface area contributed by atoms with Gasteiger partial charge in [-0.2, -0.15) is 0 Å². The molecule has 2 heterocycles. The van der Waals surface area contributed by atoms with Crippen LogP contribution in [0.4, 0.5) is 4.39 Å². The smallest absolute Gasteiger partial charge is 0.341 e. The molecule has 0 saturated heterocycles. The summed E-state index contributed by atoms with van der Waals surface area (Å²) in [6.45, 7) is 3.96. The number of carboxylic acids is 1. The zero-order chi connectivity index (χ0) is 23.9. The molecular weight excluding hydrogens is 453 g/mol. The van der Waals surface area contributed by atoms with Crippen LogP contribution in [-0.2, 0) is 6.42 Å². The van der Waals surface area contributed by atoms with E-state index in [1.807, 2.05) is 13.8 Å². The maximum Gasteiger partial charge on any atom is 0.341 e. The number of benzene rings is 2. The Morgan fingerprint density at radius 3 is 2.55 bits per heavy atom. The summed E-state index contributed by atoms with van der Waals surface area (Å²) in [7, 11) is 0. The lowest BCUT2D eigenvalue weighted by atomic mass is 9.97. The fraction of sp³-hybridized carbons (Fsp3) is 0.333. The van der Waals surface area contributed by atoms with E-state index >= 15 is 0 Å². The average Bonchev–Trinajstić information content (AvgIpc) is 2.78. The Balaban J connectivity index is 2.07. The molecule has 9 heteroatoms. The maximum absolute atomic E-state index is 14.6. The highest BCUT2D eigenvalue weighted by Gasteiger charge is 2.29. The molecule has 4 rings (SSSR count). The minimum Gasteiger partial charge on any atom is -0.486 e. The Morgan fingerprint density at radius 2 is 1.91 bits per heavy atom. The fourth-order valence-corrected chi connectivity index (χ4v) is 4.35. The number of carboxylic acid groups (broad SMARTS) is 1. The molecule has 174 valence electrons. The van der Waals surface area contributed by atoms with E-state index in [4.69, 9.17) is 21.1 Å². The molecule has 0 radical (unpaired) electrons. The molecule has 0 spiro atoms. The van der Waals surface area contributed by atoms with Gasteiger partial charge in [0.2, 0.25) is 5.43 Å². The number of aromatic nitrogens is 1. The summed E-state index contributed by atoms with van der Waals surface area (Å²) in [5.74, 6) is -1.42. The normalized spacial score (nSPS) is 14.0. The lowest BCUT2D eigenvalue weighted by molar-refractivity contribution is 0.0694. The van der Waals surface area contributed by atoms with E-state index in [1.165, 1.54) is 18.3 Å². The Morgan fingerprint density at radius 1 is 1.21 bits per heavy atom. The second-order valence-corrected chi connectivity index (χ2v) is 8.66. The lowest BCUT2D eigenvalue weighted by Gasteiger charge is -2.29. The first-order chi connectivity index (χ1) is 15.7. The topological polar surface area (TPSA) is 98.0 Å². The number of aliphatic hydroxyl groups excluding tert-OH is 1. The van der Waals surface area contributed by atoms with Crippen LogP contribution in [0, 0.1) is 11.7 Å². The van der Waals surface area contributed by atoms with Gasteiger partial charge in [0.25, 0.3) is 0 Å². The first kappa shape index (κ1) is 23.1. The predicted molar refractivity (Wildman–Crippen MR) is 121 cm³/mol. The Kier molecular flexibility index (Phi) is 6.32. The second-order valence-electron chi connectivity index (χ2n) is 8.26. The van der Waals surface area contributed by atoms with E-state index in [2.05, 4.69) is 0 Å². The molecule has 1 aliphatic rings. The van der Waals surface area contributed by atoms with Gasteiger partial charge in [0.1, 0.15) is 24.6 Å². The first-order valence-corrected chi connectivity index (χ1v) is 10.9. The van der Waals surface area contributed by atoms with Crippen molar-refractivity contribution >= 4 is 28.5 Å². The number of carbonyl (C=O) groups is 1. The number of rotatable bonds is 6. The summed E-state index contributed by atoms with van der Waals surface area (Å²) in [6, 6.07) is 5.64. The minimum atomic E-state index is -1.38. The molecule has 1 aliphatic heterocycles. The van der Waals surface area contributed by atoms with Crippen LogP contribution in [0.2, 0.25) is 5.02 Å². The summed E-state index contributed by atoms with van der Waals surface area (Å²) in [5.41, 5.74) is -0.0297. The first-order valence-electron chi connectivity index (χ1n) is 10.5. The van der Waals surface area contributed by atoms with Crippen molar-refractivity contribution in [3.8, 4) is 11.5 Å². The van der Waals surface area contributed by atoms with Crippen molar-refractivity contribution in [1.82, 2.24) is 4.57 Å². The molecule has 2 N–H and O–H groups in total. The Bertz CT molecular complexity index is 1300. The zero-order valence-corrected chi connectivity index (χ0v) is 18.9. The third-order valence-electron chi connectivity index (χ3n) is 5.84. The Labute approximate surface area is 193 Å². The van der Waals surface area contributed by atoms with Crippen LogP contribution in [-0.4, -0.2) is 40.6 Å². The largest absolute Gasteiger partial charge is 0.486 e. The van der Waals surface area contributed by atoms with Gasteiger partial charge in [-0.1, -0.05) is 37.6 Å². The number of nitrogens with zero attached hydrogens (tertiary/aromatic N) is 1. The molecule has 3 aromatic rings. The summed E-state index contributed by atoms with van der Waals surface area (Å²) in [4.78, 5) is 25.0. The van der Waals surface area contributed by atoms with Crippen LogP contribution in [0.15, 0.2) is 35.3 Å². The van der Waals surface area contributed by atoms with Crippen LogP contribution < -0.4 is 14.9 Å². The van der Waals surface area contributed by atoms with Crippen molar-refractivity contribution < 1.29 is 28.9 Å². The molecule has 0 bridgehead atoms. The molecule has 0 fully saturated rings. The van der Waals surface area contributed by atoms with Crippen LogP contribution >= 0.6 is 11.6 Å². The number of aliphatic hydroxyl groups is 1. The number of ether oxygens (including phenoxy) is 2. The van der Waals surface area contributed by atoms with Crippen LogP contribution in [0.1, 0.15) is 41.4 Å². The quantitative estimate of drug-likeness (QED) is 0.558. The number of pyridine rings is 1. The molecule has 0 amide bonds. The van der Waals surface area contributed by atoms with E-state index in [9.17, 15) is 24.2 Å². The molecule has 0 saturated carbocycles. The molecule has 0 aliphatic carbocycles. The standard InChI is InChI=1S/C24H23ClFNO6/c1-12(2)18(11-28)27-10-16(24(30)31)21(29)15-9-14(8-13-4-3-5-17(25)19(13)26)22-23(20(15)27)33-7-6-32-22/h3-5,9-10,12,18,28H,6-8,11H2,1-2H3,(H,30,31)/t18-/m1/s1. The van der Waals surface area contributed by atoms with Crippen molar-refractivity contribution in [2.24, 2.45) is 5.92 Å². The van der Waals surface area contributed by atoms with Gasteiger partial charge in [-0.15, -0.1) is 0 Å². The molecule has 7 nitrogen and oxygen atoms in total. The maximum atomic E-state index is 14.6. The van der Waals surface area contributed by atoms with Crippen LogP contribution in [0.25, 0.3) is 10.9 Å². The van der Waals surface area contributed by atoms with Crippen molar-refractivity contribution in [2.45, 2.75) is 26.3 Å². The van der Waals surface area contributed by atoms with Crippen molar-refractivity contribution in [3.63, 3.8) is 0 Å². The molecule has 1 aromatic heterocycles. The number of aromatic carboxylic acids is 1. The van der Waals surface area contributed by atoms with Crippen LogP contribution in [0.5, 0.6) is 11.5 Å². The molecule has 2 aromatic carbocycles. The van der Waals surface area contributed by atoms with Crippen molar-refractivity contribution in [2.75, 3.05) is 19.8 Å². The molecule has 0 unspecified atom stereocenters. The fourth-order valence-electron chi connectivity index (χ4n) is 4.16. The third kappa shape index (κ3) is 4.05. The number of fused-ring (bicyclic) bond motifs is 3. The molecule has 1 atom stereocenters. The van der Waals surface area contributed by atoms with Gasteiger partial charge in [-0.3, -0.25) is 4.79 Å². The monoisotopic (exact) mass is 475 g/mol. The SMILES string of the molecule is CC(C)[C@@H](CO)n1cc(C(=O)O)c(=O)c2cc(Cc3cccc(Cl)c3F)c3c(c21)OCCO3. The van der Waals surface area contributed by atoms with Gasteiger partial charge in [0, 0.05) is 18.2 Å². The third-order valence-corrected chi connectivity index (χ3v) is 6.13. The van der Waals surface area contributed by atoms with Crippen LogP contribution in [0.3, 0.4) is 0 Å². The highest BCUT2D eigenvalue weighted by atomic mass is 35.5. The Hall–Kier alpha value is -3.10. The van der Waals surface area contributed by atoms with Crippen molar-refractivity contribution in [3.05, 3.63) is 68.2 Å². The minimum absolute atomic E-state index is 0.0300. The van der Waals surface area contributed by atoms with E-state index in [-0.39, 0.29) is 48.3 Å². The summed E-state index contributed by atoms with van der Waals surface area (Å²) in [6.07, 6.45) is 1.29. The van der Waals surface area contributed by atoms with E-state index in [1.54, 1.807) is 16.7 Å². The van der Waals surface area contributed by atoms with Gasteiger partial charge in [-0.25, -0.2) is 9.18 Å². The predicted octanol–water partition coefficient (Wildman–Crippen LogP) is 4.04. The van der Waals surface area contributed by atoms with Gasteiger partial charge in [0.15, 0.2) is 11.5 Å². The zero-order valence-electron chi connectivity index (χ0n) is 18.1. The van der Waals surface area contributed by atoms with Gasteiger partial charge >= 0.3 is 5.97 Å². The lowest BCUT2D eigenvalue weighted by Crippen LogP contribution is -2.27. The van der Waals surface area contributed by atoms with E-state index in [0.717, 1.165) is 0 Å². The van der Waals surface area contributed by atoms with E-state index < -0.39 is 28.8 Å². The summed E-state index contributed by atoms with van der Waals surface area (Å²) < 4.78 is 28.0. The summed E-state index contributed by atoms with van der Waals surface area (Å²) in [5, 5.41) is 19.8. The summed E-state index contributed by atoms with van der Waals surface area (Å²) >= 11 is 5.93. The van der Waals surface area contributed by atoms with E-state index in [0.29, 0.717) is 22.4 Å². The second kappa shape index (κ2) is 9.03. The number of hydrogen-bond acceptors (Lipinski definition) is 5. The molecular formula is C24H23ClFNO6. The van der Waals surface area contributed by atoms with Gasteiger partial charge in [-0.05, 0) is 23.6 Å². The van der Waals surface area contributed by atoms with Gasteiger partial charge < -0.3 is 24.3 Å². The highest BCUT2D eigenvalue weighted by Crippen LogP contribution is 2.42. The van der Waals surface area contributed by atoms with Crippen molar-refractivity contribution in [1.29, 1.82) is 0 Å². The highest BCUT2D eigenvalue weighted by molar-refractivity contribution is 6.30.